The first-order chi connectivity index (χ1) is 10.9. The topological polar surface area (TPSA) is 37.4 Å². The number of rotatable bonds is 4. The Morgan fingerprint density at radius 2 is 1.87 bits per heavy atom. The summed E-state index contributed by atoms with van der Waals surface area (Å²) in [5.74, 6) is 1.18. The van der Waals surface area contributed by atoms with Crippen molar-refractivity contribution in [2.45, 2.75) is 50.5 Å². The lowest BCUT2D eigenvalue weighted by Crippen LogP contribution is -2.41. The third-order valence-corrected chi connectivity index (χ3v) is 7.57. The highest BCUT2D eigenvalue weighted by atomic mass is 32.2. The van der Waals surface area contributed by atoms with Crippen LogP contribution in [0.2, 0.25) is 0 Å². The van der Waals surface area contributed by atoms with Crippen LogP contribution in [0.5, 0.6) is 0 Å². The first kappa shape index (κ1) is 16.7. The minimum atomic E-state index is -3.43. The van der Waals surface area contributed by atoms with Crippen LogP contribution in [0.4, 0.5) is 0 Å². The highest BCUT2D eigenvalue weighted by molar-refractivity contribution is 7.89. The molecule has 0 unspecified atom stereocenters. The van der Waals surface area contributed by atoms with E-state index in [2.05, 4.69) is 13.5 Å². The Balaban J connectivity index is 1.98. The molecule has 1 saturated carbocycles. The van der Waals surface area contributed by atoms with Crippen molar-refractivity contribution in [3.63, 3.8) is 0 Å². The number of sulfonamides is 1. The first-order valence-corrected chi connectivity index (χ1v) is 10.1. The van der Waals surface area contributed by atoms with Crippen LogP contribution < -0.4 is 0 Å². The van der Waals surface area contributed by atoms with Gasteiger partial charge in [-0.05, 0) is 49.7 Å². The normalized spacial score (nSPS) is 29.9. The molecule has 0 radical (unpaired) electrons. The van der Waals surface area contributed by atoms with Crippen LogP contribution in [-0.2, 0) is 10.0 Å². The van der Waals surface area contributed by atoms with Crippen molar-refractivity contribution in [2.24, 2.45) is 17.8 Å². The van der Waals surface area contributed by atoms with Crippen LogP contribution in [0, 0.1) is 24.7 Å². The second kappa shape index (κ2) is 6.40. The molecule has 1 aliphatic carbocycles. The molecule has 2 aliphatic rings. The van der Waals surface area contributed by atoms with Crippen LogP contribution in [-0.4, -0.2) is 25.3 Å². The largest absolute Gasteiger partial charge is 0.243 e. The summed E-state index contributed by atoms with van der Waals surface area (Å²) in [5.41, 5.74) is 1.08. The standard InChI is InChI=1S/C19H27NO2S/c1-4-15(3)19-18-8-6-5-7-16(18)13-20(19)23(21,22)17-11-9-14(2)10-12-17/h4,9-12,15-16,18-19H,1,5-8,13H2,2-3H3/t15-,16+,18+,19-/m1/s1. The molecule has 0 spiro atoms. The van der Waals surface area contributed by atoms with E-state index in [4.69, 9.17) is 0 Å². The number of fused-ring (bicyclic) bond motifs is 1. The van der Waals surface area contributed by atoms with E-state index >= 15 is 0 Å². The molecule has 1 saturated heterocycles. The van der Waals surface area contributed by atoms with Crippen molar-refractivity contribution < 1.29 is 8.42 Å². The maximum Gasteiger partial charge on any atom is 0.243 e. The first-order valence-electron chi connectivity index (χ1n) is 8.66. The molecule has 0 bridgehead atoms. The Hall–Kier alpha value is -1.13. The van der Waals surface area contributed by atoms with E-state index in [0.29, 0.717) is 23.3 Å². The lowest BCUT2D eigenvalue weighted by atomic mass is 9.75. The molecular formula is C19H27NO2S. The molecule has 126 valence electrons. The van der Waals surface area contributed by atoms with Crippen LogP contribution in [0.3, 0.4) is 0 Å². The monoisotopic (exact) mass is 333 g/mol. The minimum Gasteiger partial charge on any atom is -0.207 e. The number of hydrogen-bond acceptors (Lipinski definition) is 2. The van der Waals surface area contributed by atoms with Gasteiger partial charge in [0.2, 0.25) is 10.0 Å². The predicted octanol–water partition coefficient (Wildman–Crippen LogP) is 4.00. The van der Waals surface area contributed by atoms with Gasteiger partial charge in [-0.15, -0.1) is 6.58 Å². The Morgan fingerprint density at radius 3 is 2.52 bits per heavy atom. The van der Waals surface area contributed by atoms with Crippen LogP contribution >= 0.6 is 0 Å². The van der Waals surface area contributed by atoms with Crippen molar-refractivity contribution in [1.29, 1.82) is 0 Å². The quantitative estimate of drug-likeness (QED) is 0.781. The van der Waals surface area contributed by atoms with Gasteiger partial charge < -0.3 is 0 Å². The van der Waals surface area contributed by atoms with Crippen LogP contribution in [0.1, 0.15) is 38.2 Å². The summed E-state index contributed by atoms with van der Waals surface area (Å²) < 4.78 is 28.2. The van der Waals surface area contributed by atoms with Gasteiger partial charge in [-0.3, -0.25) is 0 Å². The van der Waals surface area contributed by atoms with E-state index in [9.17, 15) is 8.42 Å². The van der Waals surface area contributed by atoms with E-state index < -0.39 is 10.0 Å². The van der Waals surface area contributed by atoms with Gasteiger partial charge in [-0.1, -0.05) is 43.5 Å². The van der Waals surface area contributed by atoms with Crippen LogP contribution in [0.25, 0.3) is 0 Å². The van der Waals surface area contributed by atoms with Crippen LogP contribution in [0.15, 0.2) is 41.8 Å². The van der Waals surface area contributed by atoms with Crippen molar-refractivity contribution >= 4 is 10.0 Å². The molecule has 4 atom stereocenters. The molecule has 2 fully saturated rings. The average molecular weight is 333 g/mol. The van der Waals surface area contributed by atoms with E-state index in [-0.39, 0.29) is 12.0 Å². The Bertz CT molecular complexity index is 665. The fourth-order valence-corrected chi connectivity index (χ4v) is 6.18. The Kier molecular flexibility index (Phi) is 4.65. The minimum absolute atomic E-state index is 0.0594. The van der Waals surface area contributed by atoms with Gasteiger partial charge in [0.05, 0.1) is 4.90 Å². The molecule has 0 N–H and O–H groups in total. The highest BCUT2D eigenvalue weighted by Gasteiger charge is 2.49. The maximum absolute atomic E-state index is 13.2. The Labute approximate surface area is 140 Å². The molecule has 4 heteroatoms. The molecule has 3 rings (SSSR count). The zero-order chi connectivity index (χ0) is 16.6. The molecule has 1 aliphatic heterocycles. The SMILES string of the molecule is C=C[C@@H](C)[C@@H]1[C@H]2CCCC[C@H]2CN1S(=O)(=O)c1ccc(C)cc1. The molecule has 1 aromatic rings. The van der Waals surface area contributed by atoms with E-state index in [1.54, 1.807) is 16.4 Å². The summed E-state index contributed by atoms with van der Waals surface area (Å²) in [4.78, 5) is 0.419. The third kappa shape index (κ3) is 2.99. The number of aryl methyl sites for hydroxylation is 1. The fourth-order valence-electron chi connectivity index (χ4n) is 4.37. The molecular weight excluding hydrogens is 306 g/mol. The number of benzene rings is 1. The molecule has 0 amide bonds. The summed E-state index contributed by atoms with van der Waals surface area (Å²) in [6.45, 7) is 8.67. The second-order valence-electron chi connectivity index (χ2n) is 7.18. The summed E-state index contributed by atoms with van der Waals surface area (Å²) in [7, 11) is -3.43. The molecule has 3 nitrogen and oxygen atoms in total. The van der Waals surface area contributed by atoms with E-state index in [1.165, 1.54) is 12.8 Å². The zero-order valence-corrected chi connectivity index (χ0v) is 14.9. The van der Waals surface area contributed by atoms with E-state index in [0.717, 1.165) is 18.4 Å². The average Bonchev–Trinajstić information content (AvgIpc) is 2.95. The maximum atomic E-state index is 13.2. The van der Waals surface area contributed by atoms with Gasteiger partial charge in [-0.25, -0.2) is 8.42 Å². The summed E-state index contributed by atoms with van der Waals surface area (Å²) in [5, 5.41) is 0. The molecule has 1 heterocycles. The number of nitrogens with zero attached hydrogens (tertiary/aromatic N) is 1. The van der Waals surface area contributed by atoms with Gasteiger partial charge >= 0.3 is 0 Å². The molecule has 0 aromatic heterocycles. The second-order valence-corrected chi connectivity index (χ2v) is 9.07. The molecule has 23 heavy (non-hydrogen) atoms. The van der Waals surface area contributed by atoms with E-state index in [1.807, 2.05) is 25.1 Å². The lowest BCUT2D eigenvalue weighted by Gasteiger charge is -2.33. The molecule has 1 aromatic carbocycles. The van der Waals surface area contributed by atoms with Crippen molar-refractivity contribution in [3.05, 3.63) is 42.5 Å². The summed E-state index contributed by atoms with van der Waals surface area (Å²) in [6, 6.07) is 7.29. The smallest absolute Gasteiger partial charge is 0.207 e. The predicted molar refractivity (Wildman–Crippen MR) is 93.7 cm³/mol. The third-order valence-electron chi connectivity index (χ3n) is 5.69. The van der Waals surface area contributed by atoms with Gasteiger partial charge in [0, 0.05) is 12.6 Å². The van der Waals surface area contributed by atoms with Crippen molar-refractivity contribution in [1.82, 2.24) is 4.31 Å². The Morgan fingerprint density at radius 1 is 1.22 bits per heavy atom. The summed E-state index contributed by atoms with van der Waals surface area (Å²) in [6.07, 6.45) is 6.67. The van der Waals surface area contributed by atoms with Gasteiger partial charge in [0.25, 0.3) is 0 Å². The van der Waals surface area contributed by atoms with Gasteiger partial charge in [0.15, 0.2) is 0 Å². The highest BCUT2D eigenvalue weighted by Crippen LogP contribution is 2.45. The van der Waals surface area contributed by atoms with Crippen molar-refractivity contribution in [2.75, 3.05) is 6.54 Å². The zero-order valence-electron chi connectivity index (χ0n) is 14.1. The fraction of sp³-hybridized carbons (Fsp3) is 0.579. The van der Waals surface area contributed by atoms with Gasteiger partial charge in [0.1, 0.15) is 0 Å². The lowest BCUT2D eigenvalue weighted by molar-refractivity contribution is 0.225. The summed E-state index contributed by atoms with van der Waals surface area (Å²) >= 11 is 0. The van der Waals surface area contributed by atoms with Gasteiger partial charge in [-0.2, -0.15) is 4.31 Å². The van der Waals surface area contributed by atoms with Crippen molar-refractivity contribution in [3.8, 4) is 0 Å². The number of hydrogen-bond donors (Lipinski definition) is 0.